The van der Waals surface area contributed by atoms with Gasteiger partial charge in [-0.2, -0.15) is 0 Å². The van der Waals surface area contributed by atoms with Gasteiger partial charge in [-0.1, -0.05) is 12.1 Å². The number of methoxy groups -OCH3 is 1. The molecule has 0 aromatic heterocycles. The number of nitrogens with zero attached hydrogens (tertiary/aromatic N) is 2. The maximum absolute atomic E-state index is 12.5. The third-order valence-corrected chi connectivity index (χ3v) is 4.76. The molecule has 0 atom stereocenters. The first kappa shape index (κ1) is 19.4. The Labute approximate surface area is 163 Å². The Balaban J connectivity index is 1.60. The number of carbonyl (C=O) groups excluding carboxylic acids is 3. The zero-order valence-electron chi connectivity index (χ0n) is 16.0. The fourth-order valence-electron chi connectivity index (χ4n) is 3.17. The number of hydrogen-bond donors (Lipinski definition) is 1. The number of carbonyl (C=O) groups is 3. The van der Waals surface area contributed by atoms with Gasteiger partial charge in [0, 0.05) is 37.4 Å². The maximum atomic E-state index is 12.5. The molecule has 28 heavy (non-hydrogen) atoms. The summed E-state index contributed by atoms with van der Waals surface area (Å²) in [6.07, 6.45) is 0. The molecule has 1 saturated heterocycles. The van der Waals surface area contributed by atoms with Crippen molar-refractivity contribution in [1.29, 1.82) is 0 Å². The molecule has 0 unspecified atom stereocenters. The Hall–Kier alpha value is -3.35. The monoisotopic (exact) mass is 381 g/mol. The first-order chi connectivity index (χ1) is 13.5. The van der Waals surface area contributed by atoms with Crippen molar-refractivity contribution in [3.8, 4) is 0 Å². The predicted octanol–water partition coefficient (Wildman–Crippen LogP) is 3.03. The third kappa shape index (κ3) is 4.31. The van der Waals surface area contributed by atoms with Crippen molar-refractivity contribution >= 4 is 29.2 Å². The molecule has 1 N–H and O–H groups in total. The molecule has 2 aromatic carbocycles. The highest BCUT2D eigenvalue weighted by Crippen LogP contribution is 2.23. The Morgan fingerprint density at radius 2 is 1.57 bits per heavy atom. The first-order valence-corrected chi connectivity index (χ1v) is 9.09. The van der Waals surface area contributed by atoms with E-state index in [0.717, 1.165) is 5.69 Å². The highest BCUT2D eigenvalue weighted by molar-refractivity contribution is 5.96. The van der Waals surface area contributed by atoms with Crippen LogP contribution in [0.3, 0.4) is 0 Å². The van der Waals surface area contributed by atoms with Crippen LogP contribution in [0.1, 0.15) is 27.6 Å². The lowest BCUT2D eigenvalue weighted by Gasteiger charge is -2.36. The van der Waals surface area contributed by atoms with Gasteiger partial charge < -0.3 is 19.9 Å². The minimum absolute atomic E-state index is 0.0127. The smallest absolute Gasteiger partial charge is 0.339 e. The second kappa shape index (κ2) is 8.56. The lowest BCUT2D eigenvalue weighted by Crippen LogP contribution is -2.50. The van der Waals surface area contributed by atoms with Gasteiger partial charge >= 0.3 is 12.0 Å². The van der Waals surface area contributed by atoms with Crippen LogP contribution in [-0.4, -0.2) is 56.0 Å². The van der Waals surface area contributed by atoms with Crippen LogP contribution in [0.4, 0.5) is 16.2 Å². The predicted molar refractivity (Wildman–Crippen MR) is 107 cm³/mol. The van der Waals surface area contributed by atoms with Crippen LogP contribution in [0, 0.1) is 0 Å². The number of amides is 2. The van der Waals surface area contributed by atoms with Gasteiger partial charge in [-0.15, -0.1) is 0 Å². The van der Waals surface area contributed by atoms with Gasteiger partial charge in [0.1, 0.15) is 0 Å². The largest absolute Gasteiger partial charge is 0.465 e. The van der Waals surface area contributed by atoms with E-state index in [9.17, 15) is 14.4 Å². The summed E-state index contributed by atoms with van der Waals surface area (Å²) < 4.78 is 4.86. The standard InChI is InChI=1S/C21H23N3O4/c1-15(25)16-7-9-17(10-8-16)22-21(27)24-13-11-23(12-14-24)19-6-4-3-5-18(19)20(26)28-2/h3-10H,11-14H2,1-2H3,(H,22,27). The van der Waals surface area contributed by atoms with E-state index in [1.807, 2.05) is 12.1 Å². The van der Waals surface area contributed by atoms with E-state index in [0.29, 0.717) is 43.0 Å². The number of para-hydroxylation sites is 1. The molecular weight excluding hydrogens is 358 g/mol. The number of nitrogens with one attached hydrogen (secondary N) is 1. The molecule has 0 radical (unpaired) electrons. The molecule has 0 bridgehead atoms. The number of piperazine rings is 1. The minimum atomic E-state index is -0.371. The number of anilines is 2. The molecule has 3 rings (SSSR count). The number of rotatable bonds is 4. The van der Waals surface area contributed by atoms with E-state index in [4.69, 9.17) is 4.74 Å². The number of urea groups is 1. The SMILES string of the molecule is COC(=O)c1ccccc1N1CCN(C(=O)Nc2ccc(C(C)=O)cc2)CC1. The van der Waals surface area contributed by atoms with E-state index < -0.39 is 0 Å². The highest BCUT2D eigenvalue weighted by atomic mass is 16.5. The number of hydrogen-bond acceptors (Lipinski definition) is 5. The van der Waals surface area contributed by atoms with Crippen molar-refractivity contribution in [2.45, 2.75) is 6.92 Å². The van der Waals surface area contributed by atoms with Crippen molar-refractivity contribution in [2.75, 3.05) is 43.5 Å². The van der Waals surface area contributed by atoms with Crippen LogP contribution in [0.5, 0.6) is 0 Å². The zero-order chi connectivity index (χ0) is 20.1. The van der Waals surface area contributed by atoms with Crippen molar-refractivity contribution in [3.05, 3.63) is 59.7 Å². The van der Waals surface area contributed by atoms with Gasteiger partial charge in [-0.05, 0) is 43.3 Å². The van der Waals surface area contributed by atoms with Gasteiger partial charge in [0.05, 0.1) is 18.4 Å². The number of Topliss-reactive ketones (excluding diaryl/α,β-unsaturated/α-hetero) is 1. The Morgan fingerprint density at radius 3 is 2.18 bits per heavy atom. The number of esters is 1. The third-order valence-electron chi connectivity index (χ3n) is 4.76. The second-order valence-corrected chi connectivity index (χ2v) is 6.55. The molecule has 1 heterocycles. The quantitative estimate of drug-likeness (QED) is 0.651. The normalized spacial score (nSPS) is 13.8. The number of benzene rings is 2. The van der Waals surface area contributed by atoms with Crippen molar-refractivity contribution < 1.29 is 19.1 Å². The highest BCUT2D eigenvalue weighted by Gasteiger charge is 2.24. The molecule has 7 nitrogen and oxygen atoms in total. The molecule has 1 fully saturated rings. The fraction of sp³-hybridized carbons (Fsp3) is 0.286. The van der Waals surface area contributed by atoms with Crippen LogP contribution in [0.2, 0.25) is 0 Å². The Morgan fingerprint density at radius 1 is 0.929 bits per heavy atom. The van der Waals surface area contributed by atoms with Gasteiger partial charge in [-0.25, -0.2) is 9.59 Å². The molecule has 1 aliphatic heterocycles. The van der Waals surface area contributed by atoms with E-state index in [-0.39, 0.29) is 17.8 Å². The zero-order valence-corrected chi connectivity index (χ0v) is 16.0. The van der Waals surface area contributed by atoms with Crippen LogP contribution < -0.4 is 10.2 Å². The summed E-state index contributed by atoms with van der Waals surface area (Å²) >= 11 is 0. The molecule has 2 amide bonds. The van der Waals surface area contributed by atoms with Gasteiger partial charge in [-0.3, -0.25) is 4.79 Å². The molecule has 0 aliphatic carbocycles. The van der Waals surface area contributed by atoms with E-state index in [1.165, 1.54) is 14.0 Å². The van der Waals surface area contributed by atoms with Crippen LogP contribution in [0.15, 0.2) is 48.5 Å². The molecule has 2 aromatic rings. The summed E-state index contributed by atoms with van der Waals surface area (Å²) in [5.41, 5.74) is 2.59. The van der Waals surface area contributed by atoms with E-state index in [2.05, 4.69) is 10.2 Å². The van der Waals surface area contributed by atoms with Crippen LogP contribution in [-0.2, 0) is 4.74 Å². The minimum Gasteiger partial charge on any atom is -0.465 e. The topological polar surface area (TPSA) is 79.0 Å². The molecule has 1 aliphatic rings. The Bertz CT molecular complexity index is 871. The summed E-state index contributed by atoms with van der Waals surface area (Å²) in [7, 11) is 1.37. The summed E-state index contributed by atoms with van der Waals surface area (Å²) in [5, 5.41) is 2.85. The average Bonchev–Trinajstić information content (AvgIpc) is 2.73. The van der Waals surface area contributed by atoms with Crippen LogP contribution in [0.25, 0.3) is 0 Å². The van der Waals surface area contributed by atoms with E-state index >= 15 is 0 Å². The lowest BCUT2D eigenvalue weighted by atomic mass is 10.1. The summed E-state index contributed by atoms with van der Waals surface area (Å²) in [4.78, 5) is 39.6. The molecular formula is C21H23N3O4. The van der Waals surface area contributed by atoms with Crippen molar-refractivity contribution in [2.24, 2.45) is 0 Å². The van der Waals surface area contributed by atoms with Gasteiger partial charge in [0.2, 0.25) is 0 Å². The average molecular weight is 381 g/mol. The molecule has 0 saturated carbocycles. The molecule has 0 spiro atoms. The number of ether oxygens (including phenoxy) is 1. The Kier molecular flexibility index (Phi) is 5.93. The summed E-state index contributed by atoms with van der Waals surface area (Å²) in [6.45, 7) is 3.81. The van der Waals surface area contributed by atoms with Crippen molar-refractivity contribution in [3.63, 3.8) is 0 Å². The summed E-state index contributed by atoms with van der Waals surface area (Å²) in [6, 6.07) is 14.0. The van der Waals surface area contributed by atoms with E-state index in [1.54, 1.807) is 41.3 Å². The van der Waals surface area contributed by atoms with Crippen LogP contribution >= 0.6 is 0 Å². The first-order valence-electron chi connectivity index (χ1n) is 9.09. The summed E-state index contributed by atoms with van der Waals surface area (Å²) in [5.74, 6) is -0.383. The second-order valence-electron chi connectivity index (χ2n) is 6.55. The maximum Gasteiger partial charge on any atom is 0.339 e. The van der Waals surface area contributed by atoms with Gasteiger partial charge in [0.25, 0.3) is 0 Å². The number of ketones is 1. The fourth-order valence-corrected chi connectivity index (χ4v) is 3.17. The molecule has 7 heteroatoms. The van der Waals surface area contributed by atoms with Crippen molar-refractivity contribution in [1.82, 2.24) is 4.90 Å². The molecule has 146 valence electrons. The van der Waals surface area contributed by atoms with Gasteiger partial charge in [0.15, 0.2) is 5.78 Å². The lowest BCUT2D eigenvalue weighted by molar-refractivity contribution is 0.0601.